The molecule has 1 saturated heterocycles. The number of para-hydroxylation sites is 2. The van der Waals surface area contributed by atoms with E-state index in [9.17, 15) is 19.8 Å². The highest BCUT2D eigenvalue weighted by Crippen LogP contribution is 2.45. The lowest BCUT2D eigenvalue weighted by molar-refractivity contribution is -0.132. The molecule has 1 fully saturated rings. The van der Waals surface area contributed by atoms with Gasteiger partial charge in [-0.15, -0.1) is 11.3 Å². The lowest BCUT2D eigenvalue weighted by atomic mass is 9.99. The first-order chi connectivity index (χ1) is 14.0. The minimum Gasteiger partial charge on any atom is -0.507 e. The zero-order valence-corrected chi connectivity index (χ0v) is 16.2. The van der Waals surface area contributed by atoms with Gasteiger partial charge >= 0.3 is 0 Å². The number of anilines is 1. The lowest BCUT2D eigenvalue weighted by Gasteiger charge is -2.24. The van der Waals surface area contributed by atoms with Gasteiger partial charge in [0.15, 0.2) is 0 Å². The van der Waals surface area contributed by atoms with Gasteiger partial charge in [0, 0.05) is 10.4 Å². The number of ether oxygens (including phenoxy) is 1. The number of carbonyl (C=O) groups is 2. The van der Waals surface area contributed by atoms with E-state index in [2.05, 4.69) is 0 Å². The second kappa shape index (κ2) is 7.44. The van der Waals surface area contributed by atoms with E-state index in [1.807, 2.05) is 5.38 Å². The molecule has 146 valence electrons. The predicted octanol–water partition coefficient (Wildman–Crippen LogP) is 4.09. The van der Waals surface area contributed by atoms with Gasteiger partial charge in [0.05, 0.1) is 18.4 Å². The number of aliphatic hydroxyl groups excluding tert-OH is 1. The molecule has 0 aliphatic carbocycles. The first-order valence-electron chi connectivity index (χ1n) is 8.79. The minimum atomic E-state index is -0.852. The van der Waals surface area contributed by atoms with Crippen LogP contribution in [0.5, 0.6) is 11.5 Å². The van der Waals surface area contributed by atoms with Crippen LogP contribution in [0, 0.1) is 0 Å². The Morgan fingerprint density at radius 1 is 1.07 bits per heavy atom. The molecule has 0 spiro atoms. The maximum atomic E-state index is 13.0. The number of amides is 1. The second-order valence-electron chi connectivity index (χ2n) is 6.41. The Kier molecular flexibility index (Phi) is 4.82. The van der Waals surface area contributed by atoms with Crippen LogP contribution < -0.4 is 9.64 Å². The van der Waals surface area contributed by atoms with Crippen LogP contribution in [0.15, 0.2) is 71.6 Å². The van der Waals surface area contributed by atoms with Crippen molar-refractivity contribution in [2.45, 2.75) is 6.04 Å². The summed E-state index contributed by atoms with van der Waals surface area (Å²) in [6, 6.07) is 15.7. The number of thiophene rings is 1. The van der Waals surface area contributed by atoms with Crippen LogP contribution in [0.2, 0.25) is 0 Å². The Labute approximate surface area is 170 Å². The molecule has 1 unspecified atom stereocenters. The molecule has 1 amide bonds. The highest BCUT2D eigenvalue weighted by atomic mass is 32.1. The molecule has 6 nitrogen and oxygen atoms in total. The quantitative estimate of drug-likeness (QED) is 0.386. The summed E-state index contributed by atoms with van der Waals surface area (Å²) in [6.45, 7) is 0. The first kappa shape index (κ1) is 18.8. The van der Waals surface area contributed by atoms with E-state index in [0.29, 0.717) is 16.2 Å². The third kappa shape index (κ3) is 3.15. The number of hydrogen-bond acceptors (Lipinski definition) is 6. The molecule has 29 heavy (non-hydrogen) atoms. The molecule has 3 aromatic rings. The maximum absolute atomic E-state index is 13.0. The van der Waals surface area contributed by atoms with E-state index in [1.54, 1.807) is 54.6 Å². The van der Waals surface area contributed by atoms with Crippen molar-refractivity contribution in [3.05, 3.63) is 82.1 Å². The summed E-state index contributed by atoms with van der Waals surface area (Å²) in [5.41, 5.74) is 0.535. The molecule has 0 bridgehead atoms. The van der Waals surface area contributed by atoms with Gasteiger partial charge in [0.1, 0.15) is 23.3 Å². The fourth-order valence-electron chi connectivity index (χ4n) is 3.39. The Bertz CT molecular complexity index is 1120. The second-order valence-corrected chi connectivity index (χ2v) is 7.38. The van der Waals surface area contributed by atoms with E-state index >= 15 is 0 Å². The molecule has 4 rings (SSSR count). The van der Waals surface area contributed by atoms with Crippen LogP contribution in [-0.4, -0.2) is 29.0 Å². The molecule has 1 aliphatic heterocycles. The van der Waals surface area contributed by atoms with Gasteiger partial charge in [-0.2, -0.15) is 0 Å². The van der Waals surface area contributed by atoms with Crippen molar-refractivity contribution in [3.8, 4) is 11.5 Å². The summed E-state index contributed by atoms with van der Waals surface area (Å²) < 4.78 is 5.19. The molecule has 1 atom stereocenters. The molecule has 7 heteroatoms. The van der Waals surface area contributed by atoms with Crippen LogP contribution in [0.4, 0.5) is 5.69 Å². The van der Waals surface area contributed by atoms with Crippen molar-refractivity contribution in [2.24, 2.45) is 0 Å². The number of nitrogens with zero attached hydrogens (tertiary/aromatic N) is 1. The normalized spacial score (nSPS) is 18.2. The van der Waals surface area contributed by atoms with Gasteiger partial charge < -0.3 is 14.9 Å². The van der Waals surface area contributed by atoms with Crippen molar-refractivity contribution in [2.75, 3.05) is 12.0 Å². The van der Waals surface area contributed by atoms with E-state index in [1.165, 1.54) is 29.4 Å². The standard InChI is InChI=1S/C22H17NO5S/c1-28-14-7-4-6-13(12-14)20(25)18-19(17-10-5-11-29-17)23(22(27)21(18)26)15-8-2-3-9-16(15)24/h2-12,19,24-25H,1H3/b20-18-. The number of benzene rings is 2. The lowest BCUT2D eigenvalue weighted by Crippen LogP contribution is -2.29. The van der Waals surface area contributed by atoms with E-state index in [-0.39, 0.29) is 22.8 Å². The number of rotatable bonds is 4. The van der Waals surface area contributed by atoms with Crippen molar-refractivity contribution >= 4 is 34.5 Å². The summed E-state index contributed by atoms with van der Waals surface area (Å²) in [7, 11) is 1.50. The number of aliphatic hydroxyl groups is 1. The van der Waals surface area contributed by atoms with Crippen LogP contribution in [-0.2, 0) is 9.59 Å². The Morgan fingerprint density at radius 3 is 2.55 bits per heavy atom. The van der Waals surface area contributed by atoms with Crippen molar-refractivity contribution < 1.29 is 24.5 Å². The minimum absolute atomic E-state index is 0.0334. The van der Waals surface area contributed by atoms with Gasteiger partial charge in [-0.1, -0.05) is 30.3 Å². The monoisotopic (exact) mass is 407 g/mol. The van der Waals surface area contributed by atoms with Gasteiger partial charge in [-0.05, 0) is 35.7 Å². The largest absolute Gasteiger partial charge is 0.507 e. The summed E-state index contributed by atoms with van der Waals surface area (Å²) in [6.07, 6.45) is 0. The number of ketones is 1. The van der Waals surface area contributed by atoms with Gasteiger partial charge in [0.2, 0.25) is 0 Å². The average molecular weight is 407 g/mol. The Morgan fingerprint density at radius 2 is 1.86 bits per heavy atom. The molecule has 2 aromatic carbocycles. The first-order valence-corrected chi connectivity index (χ1v) is 9.67. The molecular weight excluding hydrogens is 390 g/mol. The average Bonchev–Trinajstić information content (AvgIpc) is 3.35. The van der Waals surface area contributed by atoms with Crippen molar-refractivity contribution in [1.82, 2.24) is 0 Å². The molecule has 0 radical (unpaired) electrons. The number of hydrogen-bond donors (Lipinski definition) is 2. The highest BCUT2D eigenvalue weighted by Gasteiger charge is 2.48. The molecule has 1 aliphatic rings. The van der Waals surface area contributed by atoms with E-state index in [4.69, 9.17) is 4.74 Å². The van der Waals surface area contributed by atoms with Crippen LogP contribution in [0.25, 0.3) is 5.76 Å². The predicted molar refractivity (Wildman–Crippen MR) is 110 cm³/mol. The number of carbonyl (C=O) groups excluding carboxylic acids is 2. The van der Waals surface area contributed by atoms with Crippen LogP contribution in [0.3, 0.4) is 0 Å². The van der Waals surface area contributed by atoms with Gasteiger partial charge in [-0.3, -0.25) is 14.5 Å². The van der Waals surface area contributed by atoms with Crippen LogP contribution >= 0.6 is 11.3 Å². The highest BCUT2D eigenvalue weighted by molar-refractivity contribution is 7.10. The summed E-state index contributed by atoms with van der Waals surface area (Å²) in [5.74, 6) is -1.53. The maximum Gasteiger partial charge on any atom is 0.300 e. The van der Waals surface area contributed by atoms with Crippen molar-refractivity contribution in [3.63, 3.8) is 0 Å². The Balaban J connectivity index is 1.94. The molecule has 0 saturated carbocycles. The number of Topliss-reactive ketones (excluding diaryl/α,β-unsaturated/α-hetero) is 1. The number of phenols is 1. The summed E-state index contributed by atoms with van der Waals surface area (Å²) >= 11 is 1.35. The zero-order valence-electron chi connectivity index (χ0n) is 15.4. The molecule has 2 heterocycles. The fourth-order valence-corrected chi connectivity index (χ4v) is 4.21. The number of methoxy groups -OCH3 is 1. The third-order valence-electron chi connectivity index (χ3n) is 4.74. The topological polar surface area (TPSA) is 87.1 Å². The van der Waals surface area contributed by atoms with Gasteiger partial charge in [0.25, 0.3) is 11.7 Å². The van der Waals surface area contributed by atoms with Crippen LogP contribution in [0.1, 0.15) is 16.5 Å². The van der Waals surface area contributed by atoms with E-state index in [0.717, 1.165) is 0 Å². The summed E-state index contributed by atoms with van der Waals surface area (Å²) in [4.78, 5) is 27.8. The van der Waals surface area contributed by atoms with Crippen molar-refractivity contribution in [1.29, 1.82) is 0 Å². The summed E-state index contributed by atoms with van der Waals surface area (Å²) in [5, 5.41) is 23.1. The van der Waals surface area contributed by atoms with Gasteiger partial charge in [-0.25, -0.2) is 0 Å². The zero-order chi connectivity index (χ0) is 20.5. The van der Waals surface area contributed by atoms with E-state index < -0.39 is 17.7 Å². The third-order valence-corrected chi connectivity index (χ3v) is 5.67. The number of phenolic OH excluding ortho intramolecular Hbond substituents is 1. The fraction of sp³-hybridized carbons (Fsp3) is 0.0909. The number of aromatic hydroxyl groups is 1. The Hall–Kier alpha value is -3.58. The molecule has 2 N–H and O–H groups in total. The molecule has 1 aromatic heterocycles. The molecular formula is C22H17NO5S. The SMILES string of the molecule is COc1cccc(/C(O)=C2/C(=O)C(=O)N(c3ccccc3O)C2c2cccs2)c1. The smallest absolute Gasteiger partial charge is 0.300 e.